The van der Waals surface area contributed by atoms with Gasteiger partial charge in [-0.15, -0.1) is 5.48 Å². The molecule has 0 saturated carbocycles. The molecule has 1 amide bonds. The lowest BCUT2D eigenvalue weighted by Crippen LogP contribution is -2.39. The Morgan fingerprint density at radius 3 is 2.51 bits per heavy atom. The maximum atomic E-state index is 14.4. The largest absolute Gasteiger partial charge is 0.412 e. The molecule has 1 fully saturated rings. The molecular weight excluding hydrogens is 550 g/mol. The first-order valence-corrected chi connectivity index (χ1v) is 14.2. The lowest BCUT2D eigenvalue weighted by atomic mass is 9.88. The maximum Gasteiger partial charge on any atom is 0.227 e. The molecule has 2 aliphatic heterocycles. The number of halogens is 2. The molecule has 0 radical (unpaired) electrons. The van der Waals surface area contributed by atoms with Gasteiger partial charge in [-0.05, 0) is 81.6 Å². The van der Waals surface area contributed by atoms with E-state index in [0.717, 1.165) is 40.2 Å². The normalized spacial score (nSPS) is 18.2. The number of amides is 1. The summed E-state index contributed by atoms with van der Waals surface area (Å²) in [4.78, 5) is 27.6. The Morgan fingerprint density at radius 1 is 1.07 bits per heavy atom. The van der Waals surface area contributed by atoms with E-state index in [0.29, 0.717) is 35.4 Å². The van der Waals surface area contributed by atoms with Gasteiger partial charge in [-0.1, -0.05) is 6.07 Å². The number of hydroxylamine groups is 1. The smallest absolute Gasteiger partial charge is 0.227 e. The van der Waals surface area contributed by atoms with Crippen molar-refractivity contribution in [2.24, 2.45) is 0 Å². The molecule has 4 aromatic rings. The molecule has 0 unspecified atom stereocenters. The second-order valence-corrected chi connectivity index (χ2v) is 11.7. The average Bonchev–Trinajstić information content (AvgIpc) is 3.49. The van der Waals surface area contributed by atoms with Crippen LogP contribution in [0.4, 0.5) is 20.2 Å². The van der Waals surface area contributed by atoms with E-state index < -0.39 is 23.2 Å². The molecule has 3 heterocycles. The highest BCUT2D eigenvalue weighted by molar-refractivity contribution is 5.95. The van der Waals surface area contributed by atoms with Crippen LogP contribution in [0.15, 0.2) is 60.4 Å². The molecule has 1 N–H and O–H groups in total. The number of aromatic nitrogens is 2. The number of fused-ring (bicyclic) bond motifs is 1. The van der Waals surface area contributed by atoms with E-state index in [4.69, 9.17) is 9.82 Å². The van der Waals surface area contributed by atoms with Gasteiger partial charge in [0.2, 0.25) is 5.91 Å². The molecular formula is C33H32F2N6O2. The van der Waals surface area contributed by atoms with Crippen molar-refractivity contribution >= 4 is 33.9 Å². The summed E-state index contributed by atoms with van der Waals surface area (Å²) in [6.45, 7) is 5.99. The van der Waals surface area contributed by atoms with Gasteiger partial charge >= 0.3 is 0 Å². The molecule has 1 saturated heterocycles. The molecule has 0 spiro atoms. The lowest BCUT2D eigenvalue weighted by molar-refractivity contribution is -0.120. The Kier molecular flexibility index (Phi) is 6.93. The predicted octanol–water partition coefficient (Wildman–Crippen LogP) is 6.54. The molecule has 2 aliphatic rings. The minimum Gasteiger partial charge on any atom is -0.412 e. The fourth-order valence-corrected chi connectivity index (χ4v) is 6.28. The highest BCUT2D eigenvalue weighted by atomic mass is 19.2. The van der Waals surface area contributed by atoms with Crippen LogP contribution in [-0.4, -0.2) is 35.1 Å². The third-order valence-corrected chi connectivity index (χ3v) is 8.17. The summed E-state index contributed by atoms with van der Waals surface area (Å²) < 4.78 is 30.2. The monoisotopic (exact) mass is 582 g/mol. The maximum absolute atomic E-state index is 14.4. The number of allylic oxidation sites excluding steroid dienone is 1. The first kappa shape index (κ1) is 28.4. The summed E-state index contributed by atoms with van der Waals surface area (Å²) in [5, 5.41) is 9.98. The van der Waals surface area contributed by atoms with E-state index >= 15 is 0 Å². The third kappa shape index (κ3) is 4.79. The Labute approximate surface area is 248 Å². The van der Waals surface area contributed by atoms with Crippen molar-refractivity contribution in [2.45, 2.75) is 51.6 Å². The number of carbonyl (C=O) groups is 1. The van der Waals surface area contributed by atoms with Crippen molar-refractivity contribution in [2.75, 3.05) is 23.9 Å². The standard InChI is InChI=1S/C33H32F2N6O2/c1-19-31(33(2,3)38-43-19)20-9-13-28-26(16-20)37-32(41(28)22-11-14-27(39(4)5)21(15-22)18-36)29-7-6-8-30(42)40(29)23-10-12-24(34)25(35)17-23/h9-17,29,38H,6-8H2,1-5H3/t29-/m0/s1. The molecule has 220 valence electrons. The molecule has 8 nitrogen and oxygen atoms in total. The Balaban J connectivity index is 1.59. The minimum atomic E-state index is -1.02. The van der Waals surface area contributed by atoms with Crippen LogP contribution in [0, 0.1) is 23.0 Å². The Bertz CT molecular complexity index is 1850. The molecule has 6 rings (SSSR count). The summed E-state index contributed by atoms with van der Waals surface area (Å²) in [7, 11) is 3.75. The quantitative estimate of drug-likeness (QED) is 0.288. The van der Waals surface area contributed by atoms with Crippen LogP contribution < -0.4 is 15.3 Å². The lowest BCUT2D eigenvalue weighted by Gasteiger charge is -2.35. The van der Waals surface area contributed by atoms with Crippen LogP contribution in [0.3, 0.4) is 0 Å². The fraction of sp³-hybridized carbons (Fsp3) is 0.303. The first-order chi connectivity index (χ1) is 20.5. The summed E-state index contributed by atoms with van der Waals surface area (Å²) in [5.41, 5.74) is 8.29. The topological polar surface area (TPSA) is 86.4 Å². The van der Waals surface area contributed by atoms with Crippen molar-refractivity contribution in [3.05, 3.63) is 88.9 Å². The van der Waals surface area contributed by atoms with Crippen LogP contribution in [-0.2, 0) is 9.63 Å². The van der Waals surface area contributed by atoms with Crippen molar-refractivity contribution in [1.82, 2.24) is 15.0 Å². The van der Waals surface area contributed by atoms with E-state index in [1.807, 2.05) is 80.7 Å². The van der Waals surface area contributed by atoms with Crippen molar-refractivity contribution < 1.29 is 18.4 Å². The van der Waals surface area contributed by atoms with Crippen LogP contribution in [0.1, 0.15) is 63.0 Å². The molecule has 10 heteroatoms. The fourth-order valence-electron chi connectivity index (χ4n) is 6.28. The van der Waals surface area contributed by atoms with E-state index in [2.05, 4.69) is 11.5 Å². The number of hydrogen-bond donors (Lipinski definition) is 1. The van der Waals surface area contributed by atoms with E-state index in [-0.39, 0.29) is 18.0 Å². The number of carbonyl (C=O) groups excluding carboxylic acids is 1. The van der Waals surface area contributed by atoms with Gasteiger partial charge in [0.25, 0.3) is 0 Å². The van der Waals surface area contributed by atoms with E-state index in [1.54, 1.807) is 0 Å². The first-order valence-electron chi connectivity index (χ1n) is 14.2. The molecule has 0 aliphatic carbocycles. The Morgan fingerprint density at radius 2 is 1.84 bits per heavy atom. The van der Waals surface area contributed by atoms with Gasteiger partial charge in [0.05, 0.1) is 33.9 Å². The minimum absolute atomic E-state index is 0.195. The zero-order chi connectivity index (χ0) is 30.6. The zero-order valence-electron chi connectivity index (χ0n) is 24.7. The van der Waals surface area contributed by atoms with Crippen LogP contribution in [0.25, 0.3) is 22.3 Å². The molecule has 1 atom stereocenters. The summed E-state index contributed by atoms with van der Waals surface area (Å²) in [6.07, 6.45) is 1.47. The number of nitriles is 1. The summed E-state index contributed by atoms with van der Waals surface area (Å²) >= 11 is 0. The third-order valence-electron chi connectivity index (χ3n) is 8.17. The van der Waals surface area contributed by atoms with Crippen LogP contribution in [0.5, 0.6) is 0 Å². The predicted molar refractivity (Wildman–Crippen MR) is 161 cm³/mol. The van der Waals surface area contributed by atoms with Crippen molar-refractivity contribution in [3.8, 4) is 11.8 Å². The van der Waals surface area contributed by atoms with Gasteiger partial charge in [-0.25, -0.2) is 13.8 Å². The Hall–Kier alpha value is -4.75. The molecule has 3 aromatic carbocycles. The van der Waals surface area contributed by atoms with Crippen molar-refractivity contribution in [1.29, 1.82) is 5.26 Å². The number of piperidine rings is 1. The van der Waals surface area contributed by atoms with Crippen LogP contribution in [0.2, 0.25) is 0 Å². The van der Waals surface area contributed by atoms with Gasteiger partial charge in [0, 0.05) is 43.5 Å². The number of benzene rings is 3. The highest BCUT2D eigenvalue weighted by Crippen LogP contribution is 2.41. The van der Waals surface area contributed by atoms with Crippen LogP contribution >= 0.6 is 0 Å². The van der Waals surface area contributed by atoms with Gasteiger partial charge in [0.1, 0.15) is 17.7 Å². The number of anilines is 2. The number of rotatable bonds is 5. The summed E-state index contributed by atoms with van der Waals surface area (Å²) in [5.74, 6) is -0.864. The van der Waals surface area contributed by atoms with Gasteiger partial charge in [0.15, 0.2) is 11.6 Å². The van der Waals surface area contributed by atoms with E-state index in [1.165, 1.54) is 11.0 Å². The zero-order valence-corrected chi connectivity index (χ0v) is 24.7. The van der Waals surface area contributed by atoms with Gasteiger partial charge in [-0.2, -0.15) is 5.26 Å². The number of nitrogens with one attached hydrogen (secondary N) is 1. The highest BCUT2D eigenvalue weighted by Gasteiger charge is 2.37. The van der Waals surface area contributed by atoms with Gasteiger partial charge in [-0.3, -0.25) is 9.36 Å². The molecule has 43 heavy (non-hydrogen) atoms. The van der Waals surface area contributed by atoms with Crippen molar-refractivity contribution in [3.63, 3.8) is 0 Å². The SMILES string of the molecule is CC1=C(c2ccc3c(c2)nc([C@@H]2CCCC(=O)N2c2ccc(F)c(F)c2)n3-c2ccc(N(C)C)c(C#N)c2)C(C)(C)NO1. The molecule has 1 aromatic heterocycles. The number of hydrogen-bond acceptors (Lipinski definition) is 6. The second-order valence-electron chi connectivity index (χ2n) is 11.7. The molecule has 0 bridgehead atoms. The van der Waals surface area contributed by atoms with Gasteiger partial charge < -0.3 is 14.6 Å². The number of imidazole rings is 1. The average molecular weight is 583 g/mol. The second kappa shape index (κ2) is 10.5. The summed E-state index contributed by atoms with van der Waals surface area (Å²) in [6, 6.07) is 16.9. The number of nitrogens with zero attached hydrogens (tertiary/aromatic N) is 5. The van der Waals surface area contributed by atoms with E-state index in [9.17, 15) is 18.8 Å².